The topological polar surface area (TPSA) is 72.9 Å². The molecule has 0 saturated heterocycles. The van der Waals surface area contributed by atoms with Gasteiger partial charge in [0.05, 0.1) is 11.4 Å². The Kier molecular flexibility index (Phi) is 4.81. The van der Waals surface area contributed by atoms with Gasteiger partial charge in [-0.25, -0.2) is 4.68 Å². The molecule has 1 N–H and O–H groups in total. The molecule has 0 spiro atoms. The first-order valence-electron chi connectivity index (χ1n) is 9.72. The van der Waals surface area contributed by atoms with Crippen molar-refractivity contribution in [1.82, 2.24) is 29.6 Å². The number of anilines is 1. The van der Waals surface area contributed by atoms with Crippen molar-refractivity contribution in [3.8, 4) is 16.9 Å². The number of hydrogen-bond acceptors (Lipinski definition) is 5. The fourth-order valence-electron chi connectivity index (χ4n) is 3.34. The number of nitrogens with one attached hydrogen (secondary N) is 1. The van der Waals surface area contributed by atoms with Crippen molar-refractivity contribution in [3.05, 3.63) is 90.4 Å². The highest BCUT2D eigenvalue weighted by Gasteiger charge is 2.37. The Balaban J connectivity index is 1.48. The molecular formula is C22H16F3N7. The van der Waals surface area contributed by atoms with Gasteiger partial charge in [-0.3, -0.25) is 0 Å². The van der Waals surface area contributed by atoms with Gasteiger partial charge in [-0.1, -0.05) is 48.5 Å². The number of benzene rings is 2. The van der Waals surface area contributed by atoms with Crippen LogP contribution in [0, 0.1) is 0 Å². The molecule has 5 rings (SSSR count). The zero-order valence-corrected chi connectivity index (χ0v) is 16.5. The van der Waals surface area contributed by atoms with E-state index in [2.05, 4.69) is 20.6 Å². The van der Waals surface area contributed by atoms with Crippen LogP contribution in [0.25, 0.3) is 22.6 Å². The van der Waals surface area contributed by atoms with Crippen molar-refractivity contribution >= 4 is 11.5 Å². The summed E-state index contributed by atoms with van der Waals surface area (Å²) in [6, 6.07) is 22.3. The summed E-state index contributed by atoms with van der Waals surface area (Å²) in [6.07, 6.45) is -2.76. The lowest BCUT2D eigenvalue weighted by Crippen LogP contribution is -2.13. The van der Waals surface area contributed by atoms with Gasteiger partial charge >= 0.3 is 6.18 Å². The third kappa shape index (κ3) is 3.78. The Bertz CT molecular complexity index is 1360. The lowest BCUT2D eigenvalue weighted by atomic mass is 10.1. The first-order chi connectivity index (χ1) is 15.5. The number of rotatable bonds is 5. The quantitative estimate of drug-likeness (QED) is 0.437. The van der Waals surface area contributed by atoms with Crippen molar-refractivity contribution < 1.29 is 13.2 Å². The van der Waals surface area contributed by atoms with Crippen LogP contribution >= 0.6 is 0 Å². The van der Waals surface area contributed by atoms with Crippen LogP contribution in [0.4, 0.5) is 19.0 Å². The molecule has 160 valence electrons. The highest BCUT2D eigenvalue weighted by atomic mass is 19.4. The third-order valence-corrected chi connectivity index (χ3v) is 4.83. The smallest absolute Gasteiger partial charge is 0.364 e. The molecule has 0 aliphatic carbocycles. The van der Waals surface area contributed by atoms with E-state index in [9.17, 15) is 13.2 Å². The predicted octanol–water partition coefficient (Wildman–Crippen LogP) is 4.61. The Labute approximate surface area is 180 Å². The Morgan fingerprint density at radius 3 is 2.25 bits per heavy atom. The van der Waals surface area contributed by atoms with Gasteiger partial charge in [0.15, 0.2) is 5.65 Å². The summed E-state index contributed by atoms with van der Waals surface area (Å²) in [5, 5.41) is 18.6. The monoisotopic (exact) mass is 435 g/mol. The Morgan fingerprint density at radius 2 is 1.53 bits per heavy atom. The van der Waals surface area contributed by atoms with Crippen molar-refractivity contribution in [3.63, 3.8) is 0 Å². The number of halogens is 3. The first-order valence-corrected chi connectivity index (χ1v) is 9.72. The van der Waals surface area contributed by atoms with Crippen LogP contribution in [0.3, 0.4) is 0 Å². The van der Waals surface area contributed by atoms with Gasteiger partial charge in [0, 0.05) is 23.9 Å². The molecule has 7 nitrogen and oxygen atoms in total. The highest BCUT2D eigenvalue weighted by molar-refractivity contribution is 5.63. The van der Waals surface area contributed by atoms with Gasteiger partial charge < -0.3 is 5.32 Å². The summed E-state index contributed by atoms with van der Waals surface area (Å²) >= 11 is 0. The van der Waals surface area contributed by atoms with E-state index in [1.54, 1.807) is 10.7 Å². The third-order valence-electron chi connectivity index (χ3n) is 4.83. The zero-order chi connectivity index (χ0) is 22.1. The molecule has 0 aliphatic heterocycles. The van der Waals surface area contributed by atoms with Crippen LogP contribution in [0.5, 0.6) is 0 Å². The lowest BCUT2D eigenvalue weighted by molar-refractivity contribution is -0.146. The Hall–Kier alpha value is -4.21. The average molecular weight is 435 g/mol. The molecule has 0 fully saturated rings. The number of alkyl halides is 3. The number of hydrogen-bond donors (Lipinski definition) is 1. The van der Waals surface area contributed by atoms with Gasteiger partial charge in [-0.15, -0.1) is 15.3 Å². The summed E-state index contributed by atoms with van der Waals surface area (Å²) in [5.41, 5.74) is 3.48. The zero-order valence-electron chi connectivity index (χ0n) is 16.5. The van der Waals surface area contributed by atoms with Crippen molar-refractivity contribution in [2.45, 2.75) is 12.7 Å². The molecule has 0 radical (unpaired) electrons. The molecule has 10 heteroatoms. The Morgan fingerprint density at radius 1 is 0.812 bits per heavy atom. The molecule has 32 heavy (non-hydrogen) atoms. The van der Waals surface area contributed by atoms with E-state index in [0.29, 0.717) is 11.1 Å². The molecule has 0 saturated carbocycles. The predicted molar refractivity (Wildman–Crippen MR) is 112 cm³/mol. The molecule has 0 unspecified atom stereocenters. The van der Waals surface area contributed by atoms with E-state index in [1.165, 1.54) is 6.07 Å². The number of fused-ring (bicyclic) bond motifs is 1. The minimum absolute atomic E-state index is 0.0183. The maximum Gasteiger partial charge on any atom is 0.453 e. The van der Waals surface area contributed by atoms with Crippen molar-refractivity contribution in [2.24, 2.45) is 0 Å². The van der Waals surface area contributed by atoms with Gasteiger partial charge in [0.25, 0.3) is 5.82 Å². The standard InChI is InChI=1S/C22H16F3N7/c23-22(24,25)21-28-27-19-12-11-18(29-32(19)21)26-13-16-14-31(17-9-5-2-6-10-17)30-20(16)15-7-3-1-4-8-15/h1-12,14H,13H2,(H,26,29). The van der Waals surface area contributed by atoms with Crippen LogP contribution in [0.15, 0.2) is 79.0 Å². The number of nitrogens with zero attached hydrogens (tertiary/aromatic N) is 6. The van der Waals surface area contributed by atoms with Crippen LogP contribution in [0.2, 0.25) is 0 Å². The van der Waals surface area contributed by atoms with E-state index in [0.717, 1.165) is 22.5 Å². The van der Waals surface area contributed by atoms with Crippen molar-refractivity contribution in [2.75, 3.05) is 5.32 Å². The van der Waals surface area contributed by atoms with E-state index < -0.39 is 12.0 Å². The molecule has 3 heterocycles. The fraction of sp³-hybridized carbons (Fsp3) is 0.0909. The second-order valence-electron chi connectivity index (χ2n) is 7.01. The molecular weight excluding hydrogens is 419 g/mol. The van der Waals surface area contributed by atoms with Gasteiger partial charge in [-0.2, -0.15) is 22.8 Å². The minimum atomic E-state index is -4.65. The van der Waals surface area contributed by atoms with Crippen molar-refractivity contribution in [1.29, 1.82) is 0 Å². The van der Waals surface area contributed by atoms with E-state index in [1.807, 2.05) is 66.9 Å². The lowest BCUT2D eigenvalue weighted by Gasteiger charge is -2.07. The first kappa shape index (κ1) is 19.7. The number of aromatic nitrogens is 6. The van der Waals surface area contributed by atoms with Gasteiger partial charge in [0.2, 0.25) is 0 Å². The second kappa shape index (κ2) is 7.80. The average Bonchev–Trinajstić information content (AvgIpc) is 3.43. The largest absolute Gasteiger partial charge is 0.453 e. The summed E-state index contributed by atoms with van der Waals surface area (Å²) in [6.45, 7) is 0.305. The number of para-hydroxylation sites is 1. The van der Waals surface area contributed by atoms with E-state index in [4.69, 9.17) is 5.10 Å². The molecule has 5 aromatic rings. The molecule has 0 amide bonds. The summed E-state index contributed by atoms with van der Waals surface area (Å²) in [7, 11) is 0. The van der Waals surface area contributed by atoms with E-state index >= 15 is 0 Å². The summed E-state index contributed by atoms with van der Waals surface area (Å²) in [5.74, 6) is -0.910. The molecule has 2 aromatic carbocycles. The van der Waals surface area contributed by atoms with Gasteiger partial charge in [-0.05, 0) is 24.3 Å². The normalized spacial score (nSPS) is 11.7. The maximum absolute atomic E-state index is 13.1. The van der Waals surface area contributed by atoms with E-state index in [-0.39, 0.29) is 11.5 Å². The second-order valence-corrected chi connectivity index (χ2v) is 7.01. The van der Waals surface area contributed by atoms with Crippen LogP contribution in [-0.2, 0) is 12.7 Å². The van der Waals surface area contributed by atoms with Crippen LogP contribution in [-0.4, -0.2) is 29.6 Å². The highest BCUT2D eigenvalue weighted by Crippen LogP contribution is 2.28. The fourth-order valence-corrected chi connectivity index (χ4v) is 3.34. The van der Waals surface area contributed by atoms with Crippen LogP contribution in [0.1, 0.15) is 11.4 Å². The summed E-state index contributed by atoms with van der Waals surface area (Å²) in [4.78, 5) is 0. The molecule has 0 aliphatic rings. The molecule has 0 bridgehead atoms. The van der Waals surface area contributed by atoms with Gasteiger partial charge in [0.1, 0.15) is 5.82 Å². The summed E-state index contributed by atoms with van der Waals surface area (Å²) < 4.78 is 41.9. The minimum Gasteiger partial charge on any atom is -0.364 e. The molecule has 0 atom stereocenters. The molecule has 3 aromatic heterocycles. The van der Waals surface area contributed by atoms with Crippen LogP contribution < -0.4 is 5.32 Å². The maximum atomic E-state index is 13.1. The SMILES string of the molecule is FC(F)(F)c1nnc2ccc(NCc3cn(-c4ccccc4)nc3-c3ccccc3)nn12.